The first-order valence-corrected chi connectivity index (χ1v) is 15.1. The molecule has 0 radical (unpaired) electrons. The molecule has 0 rings (SSSR count). The molecule has 0 fully saturated rings. The minimum Gasteiger partial charge on any atom is -0.393 e. The monoisotopic (exact) mass is 488 g/mol. The summed E-state index contributed by atoms with van der Waals surface area (Å²) >= 11 is 0. The van der Waals surface area contributed by atoms with Crippen LogP contribution in [0.4, 0.5) is 0 Å². The Morgan fingerprint density at radius 2 is 0.818 bits per heavy atom. The highest BCUT2D eigenvalue weighted by Crippen LogP contribution is 2.51. The molecule has 5 nitrogen and oxygen atoms in total. The first kappa shape index (κ1) is 32.7. The molecule has 33 heavy (non-hydrogen) atoms. The van der Waals surface area contributed by atoms with Crippen LogP contribution in [0.3, 0.4) is 0 Å². The molecule has 0 aromatic heterocycles. The average Bonchev–Trinajstić information content (AvgIpc) is 2.81. The number of carbonyl (C=O) groups is 2. The third-order valence-corrected chi connectivity index (χ3v) is 8.97. The fraction of sp³-hybridized carbons (Fsp3) is 0.926. The van der Waals surface area contributed by atoms with E-state index >= 15 is 0 Å². The van der Waals surface area contributed by atoms with Gasteiger partial charge in [0.15, 0.2) is 11.0 Å². The molecule has 0 aliphatic rings. The number of carbonyl (C=O) groups excluding carboxylic acids is 2. The fourth-order valence-corrected chi connectivity index (χ4v) is 6.45. The van der Waals surface area contributed by atoms with E-state index in [1.807, 2.05) is 0 Å². The molecule has 0 saturated carbocycles. The summed E-state index contributed by atoms with van der Waals surface area (Å²) in [7, 11) is -2.12. The molecule has 0 aromatic rings. The van der Waals surface area contributed by atoms with E-state index < -0.39 is 26.5 Å². The van der Waals surface area contributed by atoms with Gasteiger partial charge in [0.05, 0.1) is 21.1 Å². The summed E-state index contributed by atoms with van der Waals surface area (Å²) < 4.78 is 0. The van der Waals surface area contributed by atoms with Crippen LogP contribution in [-0.2, 0) is 9.59 Å². The van der Waals surface area contributed by atoms with E-state index in [1.54, 1.807) is 0 Å². The van der Waals surface area contributed by atoms with Gasteiger partial charge in [-0.15, -0.1) is 0 Å². The molecule has 0 spiro atoms. The fourth-order valence-electron chi connectivity index (χ4n) is 4.19. The third kappa shape index (κ3) is 16.0. The summed E-state index contributed by atoms with van der Waals surface area (Å²) in [6.45, 7) is 2.90. The molecule has 196 valence electrons. The van der Waals surface area contributed by atoms with E-state index in [1.165, 1.54) is 77.0 Å². The molecule has 0 aliphatic heterocycles. The lowest BCUT2D eigenvalue weighted by Crippen LogP contribution is -2.39. The number of rotatable bonds is 25. The van der Waals surface area contributed by atoms with Crippen LogP contribution in [0.25, 0.3) is 0 Å². The number of aliphatic hydroxyl groups is 3. The van der Waals surface area contributed by atoms with Gasteiger partial charge >= 0.3 is 0 Å². The topological polar surface area (TPSA) is 94.8 Å². The highest BCUT2D eigenvalue weighted by Gasteiger charge is 2.44. The average molecular weight is 489 g/mol. The SMILES string of the molecule is CCCCCCCCCCCC(=O)P(C(=O)CCCCCCCCCCC)C(O)(CO)CO. The minimum absolute atomic E-state index is 0.243. The van der Waals surface area contributed by atoms with Crippen LogP contribution in [0, 0.1) is 0 Å². The van der Waals surface area contributed by atoms with Gasteiger partial charge in [-0.2, -0.15) is 0 Å². The second-order valence-corrected chi connectivity index (χ2v) is 12.1. The summed E-state index contributed by atoms with van der Waals surface area (Å²) in [5.74, 6) is 0. The van der Waals surface area contributed by atoms with Crippen LogP contribution in [0.5, 0.6) is 0 Å². The first-order valence-electron chi connectivity index (χ1n) is 13.8. The molecule has 0 aromatic carbocycles. The van der Waals surface area contributed by atoms with Crippen molar-refractivity contribution < 1.29 is 24.9 Å². The van der Waals surface area contributed by atoms with Crippen molar-refractivity contribution >= 4 is 19.0 Å². The number of aliphatic hydroxyl groups excluding tert-OH is 2. The number of hydrogen-bond donors (Lipinski definition) is 3. The van der Waals surface area contributed by atoms with Crippen molar-refractivity contribution in [1.82, 2.24) is 0 Å². The second kappa shape index (κ2) is 22.1. The lowest BCUT2D eigenvalue weighted by atomic mass is 10.1. The quantitative estimate of drug-likeness (QED) is 0.0946. The van der Waals surface area contributed by atoms with Gasteiger partial charge in [0.1, 0.15) is 5.34 Å². The van der Waals surface area contributed by atoms with Crippen molar-refractivity contribution in [2.75, 3.05) is 13.2 Å². The number of hydrogen-bond acceptors (Lipinski definition) is 5. The Balaban J connectivity index is 4.34. The molecule has 0 heterocycles. The zero-order chi connectivity index (χ0) is 24.8. The first-order chi connectivity index (χ1) is 16.0. The molecule has 6 heteroatoms. The minimum atomic E-state index is -2.12. The molecule has 0 bridgehead atoms. The molecule has 3 N–H and O–H groups in total. The standard InChI is InChI=1S/C27H53O5P/c1-3-5-7-9-11-13-15-17-19-21-25(30)33(27(32,23-28)24-29)26(31)22-20-18-16-14-12-10-8-6-4-2/h28-29,32H,3-24H2,1-2H3. The van der Waals surface area contributed by atoms with Gasteiger partial charge < -0.3 is 15.3 Å². The van der Waals surface area contributed by atoms with Gasteiger partial charge in [-0.3, -0.25) is 9.59 Å². The van der Waals surface area contributed by atoms with E-state index in [9.17, 15) is 24.9 Å². The van der Waals surface area contributed by atoms with E-state index in [4.69, 9.17) is 0 Å². The zero-order valence-electron chi connectivity index (χ0n) is 21.7. The van der Waals surface area contributed by atoms with Crippen LogP contribution in [0.2, 0.25) is 0 Å². The van der Waals surface area contributed by atoms with Crippen molar-refractivity contribution in [3.8, 4) is 0 Å². The molecular weight excluding hydrogens is 435 g/mol. The lowest BCUT2D eigenvalue weighted by Gasteiger charge is -2.31. The molecular formula is C27H53O5P. The maximum atomic E-state index is 12.8. The van der Waals surface area contributed by atoms with Gasteiger partial charge in [0, 0.05) is 12.8 Å². The van der Waals surface area contributed by atoms with Crippen molar-refractivity contribution in [3.05, 3.63) is 0 Å². The van der Waals surface area contributed by atoms with Crippen molar-refractivity contribution in [2.24, 2.45) is 0 Å². The Morgan fingerprint density at radius 1 is 0.545 bits per heavy atom. The van der Waals surface area contributed by atoms with Crippen molar-refractivity contribution in [2.45, 2.75) is 148 Å². The van der Waals surface area contributed by atoms with Crippen molar-refractivity contribution in [1.29, 1.82) is 0 Å². The van der Waals surface area contributed by atoms with Crippen LogP contribution in [0.15, 0.2) is 0 Å². The molecule has 0 amide bonds. The molecule has 0 aliphatic carbocycles. The Labute approximate surface area is 204 Å². The van der Waals surface area contributed by atoms with E-state index in [2.05, 4.69) is 13.8 Å². The van der Waals surface area contributed by atoms with Gasteiger partial charge in [0.2, 0.25) is 0 Å². The predicted octanol–water partition coefficient (Wildman–Crippen LogP) is 7.04. The van der Waals surface area contributed by atoms with Gasteiger partial charge in [0.25, 0.3) is 0 Å². The maximum absolute atomic E-state index is 12.8. The summed E-state index contributed by atoms with van der Waals surface area (Å²) in [6.07, 6.45) is 20.9. The Bertz CT molecular complexity index is 445. The summed E-state index contributed by atoms with van der Waals surface area (Å²) in [5, 5.41) is 27.8. The summed E-state index contributed by atoms with van der Waals surface area (Å²) in [5.41, 5.74) is -0.557. The molecule has 0 saturated heterocycles. The molecule has 0 unspecified atom stereocenters. The highest BCUT2D eigenvalue weighted by atomic mass is 31.1. The summed E-state index contributed by atoms with van der Waals surface area (Å²) in [4.78, 5) is 25.7. The molecule has 0 atom stereocenters. The van der Waals surface area contributed by atoms with Gasteiger partial charge in [-0.25, -0.2) is 0 Å². The van der Waals surface area contributed by atoms with Crippen LogP contribution in [-0.4, -0.2) is 44.9 Å². The van der Waals surface area contributed by atoms with E-state index in [0.717, 1.165) is 25.7 Å². The zero-order valence-corrected chi connectivity index (χ0v) is 22.6. The van der Waals surface area contributed by atoms with Gasteiger partial charge in [-0.05, 0) is 12.8 Å². The van der Waals surface area contributed by atoms with Crippen LogP contribution >= 0.6 is 7.92 Å². The normalized spacial score (nSPS) is 11.9. The third-order valence-electron chi connectivity index (χ3n) is 6.41. The van der Waals surface area contributed by atoms with Crippen molar-refractivity contribution in [3.63, 3.8) is 0 Å². The smallest absolute Gasteiger partial charge is 0.165 e. The van der Waals surface area contributed by atoms with Crippen LogP contribution < -0.4 is 0 Å². The van der Waals surface area contributed by atoms with E-state index in [-0.39, 0.29) is 23.9 Å². The highest BCUT2D eigenvalue weighted by molar-refractivity contribution is 7.90. The van der Waals surface area contributed by atoms with Gasteiger partial charge in [-0.1, -0.05) is 117 Å². The Morgan fingerprint density at radius 3 is 1.09 bits per heavy atom. The maximum Gasteiger partial charge on any atom is 0.165 e. The number of unbranched alkanes of at least 4 members (excludes halogenated alkanes) is 16. The Hall–Kier alpha value is -0.350. The predicted molar refractivity (Wildman–Crippen MR) is 140 cm³/mol. The second-order valence-electron chi connectivity index (χ2n) is 9.58. The largest absolute Gasteiger partial charge is 0.393 e. The van der Waals surface area contributed by atoms with E-state index in [0.29, 0.717) is 12.8 Å². The lowest BCUT2D eigenvalue weighted by molar-refractivity contribution is -0.115. The summed E-state index contributed by atoms with van der Waals surface area (Å²) in [6, 6.07) is 0. The Kier molecular flexibility index (Phi) is 21.9. The van der Waals surface area contributed by atoms with Crippen LogP contribution in [0.1, 0.15) is 142 Å².